The highest BCUT2D eigenvalue weighted by Gasteiger charge is 2.46. The Balaban J connectivity index is 2.45. The van der Waals surface area contributed by atoms with Gasteiger partial charge in [0, 0.05) is 26.7 Å². The quantitative estimate of drug-likeness (QED) is 0.419. The van der Waals surface area contributed by atoms with Gasteiger partial charge in [0.15, 0.2) is 0 Å². The molecule has 0 amide bonds. The minimum Gasteiger partial charge on any atom is -0.461 e. The van der Waals surface area contributed by atoms with Gasteiger partial charge in [0.2, 0.25) is 0 Å². The fourth-order valence-corrected chi connectivity index (χ4v) is 4.29. The predicted octanol–water partition coefficient (Wildman–Crippen LogP) is 2.32. The number of hydrogen-bond donors (Lipinski definition) is 1. The monoisotopic (exact) mass is 394 g/mol. The molecule has 0 aliphatic heterocycles. The first-order valence-electron chi connectivity index (χ1n) is 9.64. The van der Waals surface area contributed by atoms with Gasteiger partial charge in [0.1, 0.15) is 19.3 Å². The Labute approximate surface area is 165 Å². The first kappa shape index (κ1) is 22.1. The molecule has 0 bridgehead atoms. The summed E-state index contributed by atoms with van der Waals surface area (Å²) in [5.41, 5.74) is 2.09. The number of ether oxygens (including phenoxy) is 3. The average molecular weight is 394 g/mol. The van der Waals surface area contributed by atoms with E-state index < -0.39 is 30.1 Å². The Morgan fingerprint density at radius 1 is 1.07 bits per heavy atom. The maximum atomic E-state index is 11.9. The Morgan fingerprint density at radius 2 is 1.71 bits per heavy atom. The molecule has 2 aliphatic carbocycles. The summed E-state index contributed by atoms with van der Waals surface area (Å²) in [6.07, 6.45) is 0.700. The molecule has 156 valence electrons. The van der Waals surface area contributed by atoms with Gasteiger partial charge in [-0.25, -0.2) is 0 Å². The number of aliphatic hydroxyl groups is 1. The summed E-state index contributed by atoms with van der Waals surface area (Å²) in [6, 6.07) is 0. The molecule has 5 atom stereocenters. The molecule has 7 nitrogen and oxygen atoms in total. The van der Waals surface area contributed by atoms with Gasteiger partial charge in [0.25, 0.3) is 0 Å². The predicted molar refractivity (Wildman–Crippen MR) is 101 cm³/mol. The third kappa shape index (κ3) is 5.22. The first-order chi connectivity index (χ1) is 13.1. The number of aliphatic hydroxyl groups excluding tert-OH is 1. The normalized spacial score (nSPS) is 29.5. The Hall–Kier alpha value is -2.15. The van der Waals surface area contributed by atoms with E-state index in [4.69, 9.17) is 14.2 Å². The van der Waals surface area contributed by atoms with Crippen LogP contribution < -0.4 is 0 Å². The van der Waals surface area contributed by atoms with Crippen LogP contribution in [0.1, 0.15) is 47.0 Å². The van der Waals surface area contributed by atoms with Crippen LogP contribution in [0.15, 0.2) is 23.3 Å². The maximum Gasteiger partial charge on any atom is 0.303 e. The Morgan fingerprint density at radius 3 is 2.29 bits per heavy atom. The molecular formula is C21H30O7. The molecule has 1 saturated carbocycles. The van der Waals surface area contributed by atoms with Crippen LogP contribution in [-0.2, 0) is 28.6 Å². The van der Waals surface area contributed by atoms with E-state index in [0.717, 1.165) is 18.4 Å². The van der Waals surface area contributed by atoms with Crippen LogP contribution in [0.25, 0.3) is 0 Å². The summed E-state index contributed by atoms with van der Waals surface area (Å²) in [5.74, 6) is -1.26. The number of esters is 3. The minimum absolute atomic E-state index is 0.0245. The second kappa shape index (κ2) is 9.37. The number of carbonyl (C=O) groups excluding carboxylic acids is 3. The molecule has 0 heterocycles. The van der Waals surface area contributed by atoms with Crippen molar-refractivity contribution in [3.05, 3.63) is 23.3 Å². The lowest BCUT2D eigenvalue weighted by Gasteiger charge is -2.30. The summed E-state index contributed by atoms with van der Waals surface area (Å²) in [6.45, 7) is 10.2. The van der Waals surface area contributed by atoms with E-state index in [1.165, 1.54) is 20.8 Å². The third-order valence-corrected chi connectivity index (χ3v) is 5.65. The summed E-state index contributed by atoms with van der Waals surface area (Å²) < 4.78 is 16.0. The number of fused-ring (bicyclic) bond motifs is 1. The van der Waals surface area contributed by atoms with Crippen LogP contribution in [0, 0.1) is 17.8 Å². The zero-order valence-electron chi connectivity index (χ0n) is 17.0. The number of carbonyl (C=O) groups is 3. The fourth-order valence-electron chi connectivity index (χ4n) is 4.29. The lowest BCUT2D eigenvalue weighted by molar-refractivity contribution is -0.147. The van der Waals surface area contributed by atoms with E-state index in [1.807, 2.05) is 0 Å². The van der Waals surface area contributed by atoms with E-state index in [1.54, 1.807) is 0 Å². The van der Waals surface area contributed by atoms with E-state index in [9.17, 15) is 19.5 Å². The highest BCUT2D eigenvalue weighted by Crippen LogP contribution is 2.48. The van der Waals surface area contributed by atoms with Gasteiger partial charge in [-0.15, -0.1) is 0 Å². The van der Waals surface area contributed by atoms with Gasteiger partial charge in [-0.2, -0.15) is 0 Å². The molecule has 0 aromatic heterocycles. The van der Waals surface area contributed by atoms with Crippen molar-refractivity contribution in [3.63, 3.8) is 0 Å². The van der Waals surface area contributed by atoms with Crippen molar-refractivity contribution < 1.29 is 33.7 Å². The van der Waals surface area contributed by atoms with E-state index >= 15 is 0 Å². The van der Waals surface area contributed by atoms with E-state index in [-0.39, 0.29) is 31.0 Å². The lowest BCUT2D eigenvalue weighted by atomic mass is 9.84. The van der Waals surface area contributed by atoms with E-state index in [0.29, 0.717) is 17.6 Å². The molecule has 0 aromatic carbocycles. The molecular weight excluding hydrogens is 364 g/mol. The van der Waals surface area contributed by atoms with Gasteiger partial charge >= 0.3 is 17.9 Å². The van der Waals surface area contributed by atoms with Gasteiger partial charge < -0.3 is 19.3 Å². The van der Waals surface area contributed by atoms with Crippen molar-refractivity contribution in [2.24, 2.45) is 17.8 Å². The largest absolute Gasteiger partial charge is 0.461 e. The molecule has 0 spiro atoms. The lowest BCUT2D eigenvalue weighted by Crippen LogP contribution is -2.32. The molecule has 0 radical (unpaired) electrons. The molecule has 5 unspecified atom stereocenters. The topological polar surface area (TPSA) is 99.1 Å². The highest BCUT2D eigenvalue weighted by atomic mass is 16.5. The summed E-state index contributed by atoms with van der Waals surface area (Å²) in [4.78, 5) is 34.4. The minimum atomic E-state index is -0.750. The van der Waals surface area contributed by atoms with Crippen LogP contribution in [0.3, 0.4) is 0 Å². The second-order valence-corrected chi connectivity index (χ2v) is 7.75. The van der Waals surface area contributed by atoms with Gasteiger partial charge in [-0.1, -0.05) is 13.5 Å². The molecule has 7 heteroatoms. The fraction of sp³-hybridized carbons (Fsp3) is 0.667. The number of hydrogen-bond acceptors (Lipinski definition) is 7. The zero-order chi connectivity index (χ0) is 21.0. The van der Waals surface area contributed by atoms with Crippen molar-refractivity contribution >= 4 is 17.9 Å². The van der Waals surface area contributed by atoms with Gasteiger partial charge in [-0.3, -0.25) is 14.4 Å². The smallest absolute Gasteiger partial charge is 0.303 e. The molecule has 2 rings (SSSR count). The highest BCUT2D eigenvalue weighted by molar-refractivity contribution is 5.67. The standard InChI is InChI=1S/C21H30O7/c1-11-6-7-16(12(2)9-26-13(3)22)21(28-15(5)24)20-17(11)8-19(25)18(20)10-27-14(4)23/h11,16-17,19,21,25H,2,6-10H2,1,3-5H3. The summed E-state index contributed by atoms with van der Waals surface area (Å²) in [5, 5.41) is 10.6. The zero-order valence-corrected chi connectivity index (χ0v) is 17.0. The second-order valence-electron chi connectivity index (χ2n) is 7.75. The van der Waals surface area contributed by atoms with Crippen molar-refractivity contribution in [2.75, 3.05) is 13.2 Å². The molecule has 2 aliphatic rings. The first-order valence-corrected chi connectivity index (χ1v) is 9.64. The van der Waals surface area contributed by atoms with Crippen LogP contribution in [-0.4, -0.2) is 48.4 Å². The van der Waals surface area contributed by atoms with Gasteiger partial charge in [-0.05, 0) is 47.8 Å². The van der Waals surface area contributed by atoms with Crippen LogP contribution in [0.5, 0.6) is 0 Å². The summed E-state index contributed by atoms with van der Waals surface area (Å²) >= 11 is 0. The van der Waals surface area contributed by atoms with Crippen molar-refractivity contribution in [2.45, 2.75) is 59.2 Å². The van der Waals surface area contributed by atoms with Crippen molar-refractivity contribution in [1.82, 2.24) is 0 Å². The molecule has 28 heavy (non-hydrogen) atoms. The third-order valence-electron chi connectivity index (χ3n) is 5.65. The summed E-state index contributed by atoms with van der Waals surface area (Å²) in [7, 11) is 0. The molecule has 1 fully saturated rings. The van der Waals surface area contributed by atoms with Gasteiger partial charge in [0.05, 0.1) is 6.10 Å². The van der Waals surface area contributed by atoms with Crippen LogP contribution >= 0.6 is 0 Å². The molecule has 0 saturated heterocycles. The van der Waals surface area contributed by atoms with Crippen LogP contribution in [0.4, 0.5) is 0 Å². The molecule has 1 N–H and O–H groups in total. The molecule has 0 aromatic rings. The maximum absolute atomic E-state index is 11.9. The Bertz CT molecular complexity index is 678. The SMILES string of the molecule is C=C(COC(C)=O)C1CCC(C)C2CC(O)C(COC(C)=O)=C2C1OC(C)=O. The van der Waals surface area contributed by atoms with E-state index in [2.05, 4.69) is 13.5 Å². The number of rotatable bonds is 6. The average Bonchev–Trinajstić information content (AvgIpc) is 2.86. The van der Waals surface area contributed by atoms with Crippen LogP contribution in [0.2, 0.25) is 0 Å². The Kier molecular flexibility index (Phi) is 7.41. The van der Waals surface area contributed by atoms with Crippen molar-refractivity contribution in [1.29, 1.82) is 0 Å². The van der Waals surface area contributed by atoms with Crippen molar-refractivity contribution in [3.8, 4) is 0 Å².